The maximum atomic E-state index is 5.69. The van der Waals surface area contributed by atoms with Crippen molar-refractivity contribution in [2.24, 2.45) is 4.99 Å². The van der Waals surface area contributed by atoms with Gasteiger partial charge in [-0.25, -0.2) is 0 Å². The lowest BCUT2D eigenvalue weighted by atomic mass is 9.72. The maximum absolute atomic E-state index is 5.69. The van der Waals surface area contributed by atoms with Gasteiger partial charge in [-0.05, 0) is 44.7 Å². The van der Waals surface area contributed by atoms with E-state index in [9.17, 15) is 0 Å². The fraction of sp³-hybridized carbons (Fsp3) is 0.696. The van der Waals surface area contributed by atoms with Crippen molar-refractivity contribution in [2.75, 3.05) is 59.2 Å². The molecule has 29 heavy (non-hydrogen) atoms. The van der Waals surface area contributed by atoms with Gasteiger partial charge in [-0.3, -0.25) is 9.89 Å². The second kappa shape index (κ2) is 11.0. The van der Waals surface area contributed by atoms with Gasteiger partial charge in [0.05, 0.1) is 19.8 Å². The number of ether oxygens (including phenoxy) is 2. The van der Waals surface area contributed by atoms with Gasteiger partial charge < -0.3 is 20.1 Å². The molecule has 0 spiro atoms. The molecular formula is C23H38N4O2. The fourth-order valence-electron chi connectivity index (χ4n) is 4.41. The van der Waals surface area contributed by atoms with Gasteiger partial charge in [0.25, 0.3) is 0 Å². The van der Waals surface area contributed by atoms with Crippen molar-refractivity contribution in [3.63, 3.8) is 0 Å². The van der Waals surface area contributed by atoms with Gasteiger partial charge in [-0.2, -0.15) is 0 Å². The van der Waals surface area contributed by atoms with Crippen LogP contribution in [0.3, 0.4) is 0 Å². The molecule has 2 heterocycles. The van der Waals surface area contributed by atoms with E-state index in [1.54, 1.807) is 0 Å². The molecule has 1 unspecified atom stereocenters. The number of nitrogens with one attached hydrogen (secondary N) is 2. The summed E-state index contributed by atoms with van der Waals surface area (Å²) in [6, 6.07) is 9.21. The van der Waals surface area contributed by atoms with Crippen molar-refractivity contribution in [3.8, 4) is 0 Å². The normalized spacial score (nSPS) is 21.6. The zero-order valence-electron chi connectivity index (χ0n) is 18.4. The number of guanidine groups is 1. The minimum absolute atomic E-state index is 0.0573. The summed E-state index contributed by atoms with van der Waals surface area (Å²) in [5.74, 6) is 0.909. The largest absolute Gasteiger partial charge is 0.381 e. The van der Waals surface area contributed by atoms with Gasteiger partial charge in [0.1, 0.15) is 0 Å². The number of rotatable bonds is 7. The first-order chi connectivity index (χ1) is 14.1. The standard InChI is InChI=1S/C23H38N4O2/c1-4-24-22(25-17-20(3)27-11-15-29-16-12-27)26-18-23(9-13-28-14-10-23)21-8-6-5-7-19(21)2/h5-8,20H,4,9-18H2,1-3H3,(H2,24,25,26). The summed E-state index contributed by atoms with van der Waals surface area (Å²) in [4.78, 5) is 7.52. The smallest absolute Gasteiger partial charge is 0.191 e. The summed E-state index contributed by atoms with van der Waals surface area (Å²) in [5, 5.41) is 6.99. The Morgan fingerprint density at radius 3 is 2.48 bits per heavy atom. The molecule has 0 bridgehead atoms. The lowest BCUT2D eigenvalue weighted by molar-refractivity contribution is 0.0211. The molecule has 2 aliphatic heterocycles. The summed E-state index contributed by atoms with van der Waals surface area (Å²) in [5.41, 5.74) is 2.83. The molecule has 2 fully saturated rings. The highest BCUT2D eigenvalue weighted by Crippen LogP contribution is 2.37. The molecule has 3 rings (SSSR count). The van der Waals surface area contributed by atoms with E-state index in [2.05, 4.69) is 60.6 Å². The van der Waals surface area contributed by atoms with E-state index >= 15 is 0 Å². The van der Waals surface area contributed by atoms with Gasteiger partial charge in [-0.15, -0.1) is 0 Å². The van der Waals surface area contributed by atoms with Crippen LogP contribution in [0.25, 0.3) is 0 Å². The molecule has 0 amide bonds. The van der Waals surface area contributed by atoms with Gasteiger partial charge in [-0.1, -0.05) is 24.3 Å². The van der Waals surface area contributed by atoms with Crippen LogP contribution in [-0.4, -0.2) is 76.1 Å². The number of nitrogens with zero attached hydrogens (tertiary/aromatic N) is 2. The average Bonchev–Trinajstić information content (AvgIpc) is 2.77. The van der Waals surface area contributed by atoms with E-state index in [-0.39, 0.29) is 5.41 Å². The second-order valence-electron chi connectivity index (χ2n) is 8.28. The quantitative estimate of drug-likeness (QED) is 0.541. The Bertz CT molecular complexity index is 652. The van der Waals surface area contributed by atoms with Gasteiger partial charge in [0.2, 0.25) is 0 Å². The van der Waals surface area contributed by atoms with Crippen molar-refractivity contribution < 1.29 is 9.47 Å². The van der Waals surface area contributed by atoms with Gasteiger partial charge in [0.15, 0.2) is 5.96 Å². The van der Waals surface area contributed by atoms with Crippen LogP contribution in [0.4, 0.5) is 0 Å². The van der Waals surface area contributed by atoms with Crippen molar-refractivity contribution in [3.05, 3.63) is 35.4 Å². The van der Waals surface area contributed by atoms with Crippen molar-refractivity contribution in [1.82, 2.24) is 15.5 Å². The van der Waals surface area contributed by atoms with E-state index in [4.69, 9.17) is 14.5 Å². The predicted molar refractivity (Wildman–Crippen MR) is 119 cm³/mol. The summed E-state index contributed by atoms with van der Waals surface area (Å²) in [7, 11) is 0. The first kappa shape index (κ1) is 22.1. The predicted octanol–water partition coefficient (Wildman–Crippen LogP) is 2.32. The van der Waals surface area contributed by atoms with Gasteiger partial charge in [0, 0.05) is 50.8 Å². The minimum Gasteiger partial charge on any atom is -0.381 e. The molecule has 1 aromatic rings. The van der Waals surface area contributed by atoms with Crippen LogP contribution in [0, 0.1) is 6.92 Å². The maximum Gasteiger partial charge on any atom is 0.191 e. The molecule has 0 aliphatic carbocycles. The molecule has 0 saturated carbocycles. The second-order valence-corrected chi connectivity index (χ2v) is 8.28. The van der Waals surface area contributed by atoms with Crippen LogP contribution in [0.15, 0.2) is 29.3 Å². The van der Waals surface area contributed by atoms with E-state index < -0.39 is 0 Å². The van der Waals surface area contributed by atoms with E-state index in [0.29, 0.717) is 6.04 Å². The first-order valence-corrected chi connectivity index (χ1v) is 11.1. The van der Waals surface area contributed by atoms with Crippen molar-refractivity contribution in [1.29, 1.82) is 0 Å². The van der Waals surface area contributed by atoms with Crippen molar-refractivity contribution >= 4 is 5.96 Å². The third kappa shape index (κ3) is 5.93. The van der Waals surface area contributed by atoms with Crippen LogP contribution >= 0.6 is 0 Å². The monoisotopic (exact) mass is 402 g/mol. The molecule has 162 valence electrons. The van der Waals surface area contributed by atoms with E-state index in [1.165, 1.54) is 11.1 Å². The summed E-state index contributed by atoms with van der Waals surface area (Å²) < 4.78 is 11.2. The Kier molecular flexibility index (Phi) is 8.33. The number of hydrogen-bond acceptors (Lipinski definition) is 4. The van der Waals surface area contributed by atoms with Gasteiger partial charge >= 0.3 is 0 Å². The Balaban J connectivity index is 1.68. The molecule has 2 saturated heterocycles. The lowest BCUT2D eigenvalue weighted by Crippen LogP contribution is -2.49. The Morgan fingerprint density at radius 2 is 1.79 bits per heavy atom. The summed E-state index contributed by atoms with van der Waals surface area (Å²) in [6.07, 6.45) is 2.04. The van der Waals surface area contributed by atoms with E-state index in [1.807, 2.05) is 0 Å². The Morgan fingerprint density at radius 1 is 1.10 bits per heavy atom. The fourth-order valence-corrected chi connectivity index (χ4v) is 4.41. The Hall–Kier alpha value is -1.63. The molecule has 6 heteroatoms. The number of benzene rings is 1. The molecule has 1 atom stereocenters. The molecule has 2 aliphatic rings. The van der Waals surface area contributed by atoms with E-state index in [0.717, 1.165) is 78.0 Å². The zero-order chi connectivity index (χ0) is 20.5. The number of morpholine rings is 1. The molecule has 2 N–H and O–H groups in total. The number of aliphatic imine (C=N–C) groups is 1. The van der Waals surface area contributed by atoms with Crippen LogP contribution in [-0.2, 0) is 14.9 Å². The number of aryl methyl sites for hydroxylation is 1. The third-order valence-corrected chi connectivity index (χ3v) is 6.28. The highest BCUT2D eigenvalue weighted by molar-refractivity contribution is 5.79. The highest BCUT2D eigenvalue weighted by atomic mass is 16.5. The van der Waals surface area contributed by atoms with Crippen LogP contribution in [0.5, 0.6) is 0 Å². The number of hydrogen-bond donors (Lipinski definition) is 2. The lowest BCUT2D eigenvalue weighted by Gasteiger charge is -2.38. The summed E-state index contributed by atoms with van der Waals surface area (Å²) >= 11 is 0. The molecule has 6 nitrogen and oxygen atoms in total. The summed E-state index contributed by atoms with van der Waals surface area (Å²) in [6.45, 7) is 14.4. The Labute approximate surface area is 176 Å². The topological polar surface area (TPSA) is 58.1 Å². The first-order valence-electron chi connectivity index (χ1n) is 11.1. The zero-order valence-corrected chi connectivity index (χ0v) is 18.4. The van der Waals surface area contributed by atoms with Crippen LogP contribution in [0.1, 0.15) is 37.8 Å². The SMILES string of the molecule is CCNC(=NCC1(c2ccccc2C)CCOCC1)NCC(C)N1CCOCC1. The molecule has 0 aromatic heterocycles. The average molecular weight is 403 g/mol. The molecule has 1 aromatic carbocycles. The van der Waals surface area contributed by atoms with Crippen LogP contribution in [0.2, 0.25) is 0 Å². The molecule has 0 radical (unpaired) electrons. The minimum atomic E-state index is 0.0573. The van der Waals surface area contributed by atoms with Crippen molar-refractivity contribution in [2.45, 2.75) is 45.1 Å². The molecular weight excluding hydrogens is 364 g/mol. The highest BCUT2D eigenvalue weighted by Gasteiger charge is 2.35. The van der Waals surface area contributed by atoms with Crippen LogP contribution < -0.4 is 10.6 Å². The third-order valence-electron chi connectivity index (χ3n) is 6.28.